The first-order chi connectivity index (χ1) is 9.46. The standard InChI is InChI=1S/C12H18BrN3O3S/c1-3-16(9-8-13)12(14)15-20(17,18)11-7-5-4-6-10(11)19-2/h4-7H,3,8-9H2,1-2H3,(H2,14,15). The number of rotatable bonds is 6. The minimum Gasteiger partial charge on any atom is -0.495 e. The number of hydrogen-bond acceptors (Lipinski definition) is 3. The molecule has 6 nitrogen and oxygen atoms in total. The number of nitrogens with two attached hydrogens (primary N) is 1. The third kappa shape index (κ3) is 4.11. The Kier molecular flexibility index (Phi) is 6.28. The van der Waals surface area contributed by atoms with Gasteiger partial charge in [0.15, 0.2) is 0 Å². The number of alkyl halides is 1. The molecule has 0 aliphatic carbocycles. The highest BCUT2D eigenvalue weighted by Gasteiger charge is 2.20. The van der Waals surface area contributed by atoms with Crippen molar-refractivity contribution in [3.8, 4) is 5.75 Å². The number of guanidine groups is 1. The Hall–Kier alpha value is -1.28. The molecule has 1 aromatic rings. The lowest BCUT2D eigenvalue weighted by Crippen LogP contribution is -2.39. The van der Waals surface area contributed by atoms with E-state index < -0.39 is 10.0 Å². The van der Waals surface area contributed by atoms with Crippen LogP contribution in [0.25, 0.3) is 0 Å². The first-order valence-electron chi connectivity index (χ1n) is 6.00. The third-order valence-corrected chi connectivity index (χ3v) is 4.30. The first-order valence-corrected chi connectivity index (χ1v) is 8.56. The largest absolute Gasteiger partial charge is 0.495 e. The fourth-order valence-corrected chi connectivity index (χ4v) is 3.14. The maximum absolute atomic E-state index is 12.3. The van der Waals surface area contributed by atoms with Gasteiger partial charge in [-0.2, -0.15) is 8.42 Å². The minimum atomic E-state index is -3.89. The summed E-state index contributed by atoms with van der Waals surface area (Å²) in [4.78, 5) is 1.67. The molecule has 0 spiro atoms. The van der Waals surface area contributed by atoms with Crippen molar-refractivity contribution in [3.63, 3.8) is 0 Å². The molecule has 0 fully saturated rings. The smallest absolute Gasteiger partial charge is 0.289 e. The van der Waals surface area contributed by atoms with E-state index >= 15 is 0 Å². The van der Waals surface area contributed by atoms with Gasteiger partial charge in [0, 0.05) is 18.4 Å². The zero-order chi connectivity index (χ0) is 15.2. The van der Waals surface area contributed by atoms with E-state index in [0.29, 0.717) is 18.4 Å². The number of hydrogen-bond donors (Lipinski definition) is 1. The molecular weight excluding hydrogens is 346 g/mol. The van der Waals surface area contributed by atoms with E-state index in [-0.39, 0.29) is 16.6 Å². The molecule has 1 rings (SSSR count). The fraction of sp³-hybridized carbons (Fsp3) is 0.417. The molecule has 0 amide bonds. The van der Waals surface area contributed by atoms with Gasteiger partial charge in [-0.3, -0.25) is 0 Å². The van der Waals surface area contributed by atoms with Crippen molar-refractivity contribution in [2.45, 2.75) is 11.8 Å². The van der Waals surface area contributed by atoms with E-state index in [0.717, 1.165) is 0 Å². The molecular formula is C12H18BrN3O3S. The highest BCUT2D eigenvalue weighted by molar-refractivity contribution is 9.09. The van der Waals surface area contributed by atoms with Crippen LogP contribution in [-0.2, 0) is 10.0 Å². The Balaban J connectivity index is 3.16. The average Bonchev–Trinajstić information content (AvgIpc) is 2.44. The summed E-state index contributed by atoms with van der Waals surface area (Å²) in [6, 6.07) is 6.30. The maximum atomic E-state index is 12.3. The highest BCUT2D eigenvalue weighted by atomic mass is 79.9. The van der Waals surface area contributed by atoms with Gasteiger partial charge in [0.1, 0.15) is 10.6 Å². The van der Waals surface area contributed by atoms with Gasteiger partial charge in [0.2, 0.25) is 5.96 Å². The number of sulfonamides is 1. The fourth-order valence-electron chi connectivity index (χ4n) is 1.60. The quantitative estimate of drug-likeness (QED) is 0.469. The lowest BCUT2D eigenvalue weighted by atomic mass is 10.3. The zero-order valence-electron chi connectivity index (χ0n) is 11.4. The van der Waals surface area contributed by atoms with Gasteiger partial charge in [0.05, 0.1) is 7.11 Å². The molecule has 0 atom stereocenters. The van der Waals surface area contributed by atoms with Crippen LogP contribution in [0.15, 0.2) is 33.6 Å². The van der Waals surface area contributed by atoms with Gasteiger partial charge in [0.25, 0.3) is 10.0 Å². The van der Waals surface area contributed by atoms with Crippen LogP contribution in [0.4, 0.5) is 0 Å². The van der Waals surface area contributed by atoms with Crippen LogP contribution in [-0.4, -0.2) is 44.8 Å². The monoisotopic (exact) mass is 363 g/mol. The van der Waals surface area contributed by atoms with Crippen molar-refractivity contribution in [1.82, 2.24) is 4.90 Å². The number of halogens is 1. The maximum Gasteiger partial charge on any atom is 0.289 e. The second kappa shape index (κ2) is 7.49. The lowest BCUT2D eigenvalue weighted by molar-refractivity contribution is 0.402. The predicted octanol–water partition coefficient (Wildman–Crippen LogP) is 1.42. The Morgan fingerprint density at radius 2 is 2.10 bits per heavy atom. The lowest BCUT2D eigenvalue weighted by Gasteiger charge is -2.20. The van der Waals surface area contributed by atoms with Crippen LogP contribution in [0.2, 0.25) is 0 Å². The third-order valence-electron chi connectivity index (χ3n) is 2.62. The second-order valence-electron chi connectivity index (χ2n) is 3.84. The van der Waals surface area contributed by atoms with Crippen molar-refractivity contribution in [2.75, 3.05) is 25.5 Å². The van der Waals surface area contributed by atoms with E-state index in [9.17, 15) is 8.42 Å². The number of benzene rings is 1. The summed E-state index contributed by atoms with van der Waals surface area (Å²) in [5, 5.41) is 0.672. The van der Waals surface area contributed by atoms with Gasteiger partial charge < -0.3 is 15.4 Å². The normalized spacial score (nSPS) is 12.2. The molecule has 1 aromatic carbocycles. The van der Waals surface area contributed by atoms with Crippen LogP contribution in [0, 0.1) is 0 Å². The van der Waals surface area contributed by atoms with Gasteiger partial charge in [-0.05, 0) is 19.1 Å². The molecule has 0 unspecified atom stereocenters. The molecule has 0 radical (unpaired) electrons. The molecule has 0 bridgehead atoms. The topological polar surface area (TPSA) is 85.0 Å². The van der Waals surface area contributed by atoms with Crippen LogP contribution >= 0.6 is 15.9 Å². The Bertz CT molecular complexity index is 575. The van der Waals surface area contributed by atoms with Crippen molar-refractivity contribution in [2.24, 2.45) is 10.1 Å². The molecule has 112 valence electrons. The van der Waals surface area contributed by atoms with E-state index in [1.165, 1.54) is 13.2 Å². The van der Waals surface area contributed by atoms with Gasteiger partial charge in [-0.15, -0.1) is 4.40 Å². The molecule has 0 aliphatic heterocycles. The number of nitrogens with zero attached hydrogens (tertiary/aromatic N) is 2. The molecule has 20 heavy (non-hydrogen) atoms. The molecule has 0 aliphatic rings. The Morgan fingerprint density at radius 1 is 1.45 bits per heavy atom. The average molecular weight is 364 g/mol. The zero-order valence-corrected chi connectivity index (χ0v) is 13.8. The summed E-state index contributed by atoms with van der Waals surface area (Å²) >= 11 is 3.28. The summed E-state index contributed by atoms with van der Waals surface area (Å²) in [7, 11) is -2.49. The van der Waals surface area contributed by atoms with Crippen molar-refractivity contribution < 1.29 is 13.2 Å². The number of para-hydroxylation sites is 1. The van der Waals surface area contributed by atoms with E-state index in [4.69, 9.17) is 10.5 Å². The first kappa shape index (κ1) is 16.8. The summed E-state index contributed by atoms with van der Waals surface area (Å²) in [5.41, 5.74) is 5.76. The SMILES string of the molecule is CCN(CCBr)C(N)=NS(=O)(=O)c1ccccc1OC. The van der Waals surface area contributed by atoms with Gasteiger partial charge in [-0.25, -0.2) is 0 Å². The number of methoxy groups -OCH3 is 1. The molecule has 0 saturated heterocycles. The molecule has 2 N–H and O–H groups in total. The molecule has 0 saturated carbocycles. The summed E-state index contributed by atoms with van der Waals surface area (Å²) in [6.07, 6.45) is 0. The van der Waals surface area contributed by atoms with Gasteiger partial charge in [-0.1, -0.05) is 28.1 Å². The predicted molar refractivity (Wildman–Crippen MR) is 82.8 cm³/mol. The second-order valence-corrected chi connectivity index (χ2v) is 6.21. The Morgan fingerprint density at radius 3 is 2.65 bits per heavy atom. The number of ether oxygens (including phenoxy) is 1. The summed E-state index contributed by atoms with van der Waals surface area (Å²) in [6.45, 7) is 3.02. The molecule has 8 heteroatoms. The van der Waals surface area contributed by atoms with E-state index in [1.54, 1.807) is 23.1 Å². The molecule has 0 heterocycles. The summed E-state index contributed by atoms with van der Waals surface area (Å²) in [5.74, 6) is 0.213. The van der Waals surface area contributed by atoms with Crippen LogP contribution < -0.4 is 10.5 Å². The van der Waals surface area contributed by atoms with E-state index in [1.807, 2.05) is 6.92 Å². The van der Waals surface area contributed by atoms with E-state index in [2.05, 4.69) is 20.3 Å². The van der Waals surface area contributed by atoms with Crippen molar-refractivity contribution in [3.05, 3.63) is 24.3 Å². The summed E-state index contributed by atoms with van der Waals surface area (Å²) < 4.78 is 33.2. The van der Waals surface area contributed by atoms with Crippen molar-refractivity contribution >= 4 is 31.9 Å². The van der Waals surface area contributed by atoms with Crippen LogP contribution in [0.3, 0.4) is 0 Å². The minimum absolute atomic E-state index is 0.000320. The van der Waals surface area contributed by atoms with Crippen LogP contribution in [0.5, 0.6) is 5.75 Å². The van der Waals surface area contributed by atoms with Crippen LogP contribution in [0.1, 0.15) is 6.92 Å². The van der Waals surface area contributed by atoms with Gasteiger partial charge >= 0.3 is 0 Å². The van der Waals surface area contributed by atoms with Crippen molar-refractivity contribution in [1.29, 1.82) is 0 Å². The Labute approximate surface area is 127 Å². The highest BCUT2D eigenvalue weighted by Crippen LogP contribution is 2.24. The molecule has 0 aromatic heterocycles.